The molecule has 2 amide bonds. The molecule has 0 radical (unpaired) electrons. The van der Waals surface area contributed by atoms with E-state index in [0.29, 0.717) is 12.0 Å². The Bertz CT molecular complexity index is 742. The number of hydrazine groups is 1. The summed E-state index contributed by atoms with van der Waals surface area (Å²) < 4.78 is 22.7. The molecule has 1 aromatic carbocycles. The third-order valence-corrected chi connectivity index (χ3v) is 6.31. The molecule has 6 nitrogen and oxygen atoms in total. The summed E-state index contributed by atoms with van der Waals surface area (Å²) in [5, 5.41) is 0. The summed E-state index contributed by atoms with van der Waals surface area (Å²) in [6.07, 6.45) is 3.77. The maximum atomic E-state index is 12.1. The first kappa shape index (κ1) is 16.0. The Hall–Kier alpha value is -1.89. The van der Waals surface area contributed by atoms with Gasteiger partial charge in [-0.2, -0.15) is 0 Å². The van der Waals surface area contributed by atoms with Crippen LogP contribution >= 0.6 is 0 Å². The van der Waals surface area contributed by atoms with Crippen molar-refractivity contribution in [3.63, 3.8) is 0 Å². The summed E-state index contributed by atoms with van der Waals surface area (Å²) in [6.45, 7) is 0. The number of carbonyl (C=O) groups excluding carboxylic acids is 2. The van der Waals surface area contributed by atoms with Gasteiger partial charge in [0.25, 0.3) is 5.91 Å². The van der Waals surface area contributed by atoms with Crippen molar-refractivity contribution in [2.75, 3.05) is 11.5 Å². The smallest absolute Gasteiger partial charge is 0.269 e. The number of carbonyl (C=O) groups is 2. The second-order valence-corrected chi connectivity index (χ2v) is 8.54. The largest absolute Gasteiger partial charge is 0.273 e. The molecule has 1 saturated heterocycles. The molecule has 23 heavy (non-hydrogen) atoms. The van der Waals surface area contributed by atoms with Crippen LogP contribution in [-0.2, 0) is 27.5 Å². The maximum absolute atomic E-state index is 12.1. The van der Waals surface area contributed by atoms with Crippen LogP contribution in [-0.4, -0.2) is 31.7 Å². The number of fused-ring (bicyclic) bond motifs is 1. The van der Waals surface area contributed by atoms with Gasteiger partial charge in [0.15, 0.2) is 9.84 Å². The second kappa shape index (κ2) is 6.31. The van der Waals surface area contributed by atoms with Crippen LogP contribution in [0, 0.1) is 5.92 Å². The van der Waals surface area contributed by atoms with Crippen molar-refractivity contribution < 1.29 is 18.0 Å². The summed E-state index contributed by atoms with van der Waals surface area (Å²) in [5.74, 6) is -0.670. The zero-order chi connectivity index (χ0) is 16.4. The minimum absolute atomic E-state index is 0.0548. The van der Waals surface area contributed by atoms with E-state index in [1.165, 1.54) is 11.1 Å². The van der Waals surface area contributed by atoms with Gasteiger partial charge >= 0.3 is 0 Å². The van der Waals surface area contributed by atoms with Gasteiger partial charge in [0.2, 0.25) is 5.91 Å². The topological polar surface area (TPSA) is 92.3 Å². The van der Waals surface area contributed by atoms with Crippen molar-refractivity contribution in [3.8, 4) is 0 Å². The van der Waals surface area contributed by atoms with Crippen LogP contribution in [0.25, 0.3) is 0 Å². The van der Waals surface area contributed by atoms with E-state index in [1.54, 1.807) is 6.07 Å². The van der Waals surface area contributed by atoms with E-state index in [-0.39, 0.29) is 35.7 Å². The van der Waals surface area contributed by atoms with Crippen molar-refractivity contribution in [3.05, 3.63) is 34.9 Å². The van der Waals surface area contributed by atoms with Crippen molar-refractivity contribution >= 4 is 21.7 Å². The van der Waals surface area contributed by atoms with Crippen LogP contribution < -0.4 is 10.9 Å². The van der Waals surface area contributed by atoms with Crippen molar-refractivity contribution in [2.24, 2.45) is 5.92 Å². The van der Waals surface area contributed by atoms with Crippen molar-refractivity contribution in [1.29, 1.82) is 0 Å². The van der Waals surface area contributed by atoms with Crippen LogP contribution in [0.2, 0.25) is 0 Å². The lowest BCUT2D eigenvalue weighted by Gasteiger charge is -2.10. The molecular formula is C16H20N2O4S. The highest BCUT2D eigenvalue weighted by molar-refractivity contribution is 7.91. The van der Waals surface area contributed by atoms with Gasteiger partial charge in [-0.1, -0.05) is 6.07 Å². The van der Waals surface area contributed by atoms with Crippen LogP contribution in [0.3, 0.4) is 0 Å². The highest BCUT2D eigenvalue weighted by Crippen LogP contribution is 2.23. The van der Waals surface area contributed by atoms with E-state index in [2.05, 4.69) is 10.9 Å². The monoisotopic (exact) mass is 336 g/mol. The van der Waals surface area contributed by atoms with Gasteiger partial charge in [-0.15, -0.1) is 0 Å². The first-order chi connectivity index (χ1) is 10.9. The van der Waals surface area contributed by atoms with Crippen LogP contribution in [0.4, 0.5) is 0 Å². The first-order valence-corrected chi connectivity index (χ1v) is 9.66. The molecule has 124 valence electrons. The predicted molar refractivity (Wildman–Crippen MR) is 85.5 cm³/mol. The molecule has 0 saturated carbocycles. The van der Waals surface area contributed by atoms with E-state index in [9.17, 15) is 18.0 Å². The number of amides is 2. The molecule has 1 aromatic rings. The van der Waals surface area contributed by atoms with Gasteiger partial charge in [0.1, 0.15) is 0 Å². The zero-order valence-corrected chi connectivity index (χ0v) is 13.6. The number of hydrogen-bond donors (Lipinski definition) is 2. The summed E-state index contributed by atoms with van der Waals surface area (Å²) >= 11 is 0. The van der Waals surface area contributed by atoms with E-state index in [0.717, 1.165) is 19.3 Å². The molecule has 7 heteroatoms. The van der Waals surface area contributed by atoms with Gasteiger partial charge < -0.3 is 0 Å². The summed E-state index contributed by atoms with van der Waals surface area (Å²) in [7, 11) is -2.99. The third kappa shape index (κ3) is 3.90. The first-order valence-electron chi connectivity index (χ1n) is 7.84. The summed E-state index contributed by atoms with van der Waals surface area (Å²) in [5.41, 5.74) is 7.77. The average Bonchev–Trinajstić information content (AvgIpc) is 3.10. The van der Waals surface area contributed by atoms with E-state index >= 15 is 0 Å². The van der Waals surface area contributed by atoms with Crippen molar-refractivity contribution in [2.45, 2.75) is 32.1 Å². The highest BCUT2D eigenvalue weighted by atomic mass is 32.2. The summed E-state index contributed by atoms with van der Waals surface area (Å²) in [6, 6.07) is 5.59. The Morgan fingerprint density at radius 1 is 1.13 bits per heavy atom. The van der Waals surface area contributed by atoms with Gasteiger partial charge in [0, 0.05) is 12.0 Å². The van der Waals surface area contributed by atoms with E-state index in [4.69, 9.17) is 0 Å². The molecule has 2 N–H and O–H groups in total. The quantitative estimate of drug-likeness (QED) is 0.797. The molecule has 0 spiro atoms. The molecule has 3 rings (SSSR count). The SMILES string of the molecule is O=C(C[C@@H]1CCS(=O)(=O)C1)NNC(=O)c1ccc2c(c1)CCC2. The van der Waals surface area contributed by atoms with Crippen molar-refractivity contribution in [1.82, 2.24) is 10.9 Å². The molecule has 1 aliphatic heterocycles. The normalized spacial score (nSPS) is 21.7. The number of rotatable bonds is 3. The number of sulfone groups is 1. The van der Waals surface area contributed by atoms with E-state index in [1.807, 2.05) is 12.1 Å². The highest BCUT2D eigenvalue weighted by Gasteiger charge is 2.29. The fourth-order valence-corrected chi connectivity index (χ4v) is 5.12. The fraction of sp³-hybridized carbons (Fsp3) is 0.500. The lowest BCUT2D eigenvalue weighted by molar-refractivity contribution is -0.122. The predicted octanol–water partition coefficient (Wildman–Crippen LogP) is 0.761. The minimum atomic E-state index is -2.99. The van der Waals surface area contributed by atoms with Crippen LogP contribution in [0.1, 0.15) is 40.7 Å². The zero-order valence-electron chi connectivity index (χ0n) is 12.8. The standard InChI is InChI=1S/C16H20N2O4S/c19-15(8-11-6-7-23(21,22)10-11)17-18-16(20)14-5-4-12-2-1-3-13(12)9-14/h4-5,9,11H,1-3,6-8,10H2,(H,17,19)(H,18,20)/t11-/m0/s1. The summed E-state index contributed by atoms with van der Waals surface area (Å²) in [4.78, 5) is 23.9. The maximum Gasteiger partial charge on any atom is 0.269 e. The Labute approximate surface area is 135 Å². The lowest BCUT2D eigenvalue weighted by atomic mass is 10.1. The third-order valence-electron chi connectivity index (χ3n) is 4.48. The molecule has 0 unspecified atom stereocenters. The minimum Gasteiger partial charge on any atom is -0.273 e. The Kier molecular flexibility index (Phi) is 4.39. The molecule has 0 bridgehead atoms. The molecule has 1 heterocycles. The van der Waals surface area contributed by atoms with Gasteiger partial charge in [0.05, 0.1) is 11.5 Å². The number of nitrogens with one attached hydrogen (secondary N) is 2. The molecule has 1 fully saturated rings. The average molecular weight is 336 g/mol. The number of aryl methyl sites for hydroxylation is 2. The van der Waals surface area contributed by atoms with Gasteiger partial charge in [-0.05, 0) is 54.9 Å². The lowest BCUT2D eigenvalue weighted by Crippen LogP contribution is -2.42. The van der Waals surface area contributed by atoms with Crippen LogP contribution in [0.15, 0.2) is 18.2 Å². The molecule has 0 aromatic heterocycles. The number of benzene rings is 1. The number of hydrogen-bond acceptors (Lipinski definition) is 4. The molecule has 1 aliphatic carbocycles. The second-order valence-electron chi connectivity index (χ2n) is 6.31. The molecule has 2 aliphatic rings. The van der Waals surface area contributed by atoms with E-state index < -0.39 is 9.84 Å². The molecular weight excluding hydrogens is 316 g/mol. The van der Waals surface area contributed by atoms with Gasteiger partial charge in [-0.25, -0.2) is 8.42 Å². The van der Waals surface area contributed by atoms with Crippen LogP contribution in [0.5, 0.6) is 0 Å². The van der Waals surface area contributed by atoms with Gasteiger partial charge in [-0.3, -0.25) is 20.4 Å². The fourth-order valence-electron chi connectivity index (χ4n) is 3.26. The molecule has 1 atom stereocenters. The Morgan fingerprint density at radius 3 is 2.65 bits per heavy atom. The Balaban J connectivity index is 1.50. The Morgan fingerprint density at radius 2 is 1.91 bits per heavy atom.